The molecule has 0 saturated heterocycles. The smallest absolute Gasteiger partial charge is 0.339 e. The van der Waals surface area contributed by atoms with E-state index >= 15 is 0 Å². The second-order valence-corrected chi connectivity index (χ2v) is 8.03. The summed E-state index contributed by atoms with van der Waals surface area (Å²) >= 11 is 0. The zero-order valence-electron chi connectivity index (χ0n) is 18.2. The summed E-state index contributed by atoms with van der Waals surface area (Å²) in [5, 5.41) is 17.9. The molecule has 0 spiro atoms. The predicted octanol–water partition coefficient (Wildman–Crippen LogP) is 7.00. The zero-order chi connectivity index (χ0) is 21.0. The van der Waals surface area contributed by atoms with Crippen LogP contribution in [0.2, 0.25) is 0 Å². The third kappa shape index (κ3) is 14.1. The van der Waals surface area contributed by atoms with Gasteiger partial charge in [0.15, 0.2) is 0 Å². The van der Waals surface area contributed by atoms with E-state index in [0.29, 0.717) is 19.0 Å². The molecule has 0 radical (unpaired) electrons. The minimum atomic E-state index is -0.935. The zero-order valence-corrected chi connectivity index (χ0v) is 18.2. The SMILES string of the molecule is O=C(O)c1ccccc1OCCCCCCCCCCCCCCCCCCO. The summed E-state index contributed by atoms with van der Waals surface area (Å²) in [6.07, 6.45) is 20.3. The van der Waals surface area contributed by atoms with Crippen LogP contribution in [0.15, 0.2) is 24.3 Å². The maximum absolute atomic E-state index is 11.1. The van der Waals surface area contributed by atoms with Crippen LogP contribution in [0.5, 0.6) is 5.75 Å². The van der Waals surface area contributed by atoms with Gasteiger partial charge >= 0.3 is 5.97 Å². The average Bonchev–Trinajstić information content (AvgIpc) is 2.73. The molecule has 0 aliphatic rings. The molecule has 1 aromatic rings. The molecule has 0 aliphatic carbocycles. The van der Waals surface area contributed by atoms with E-state index in [4.69, 9.17) is 14.9 Å². The summed E-state index contributed by atoms with van der Waals surface area (Å²) in [4.78, 5) is 11.1. The van der Waals surface area contributed by atoms with Gasteiger partial charge in [0.25, 0.3) is 0 Å². The van der Waals surface area contributed by atoms with Crippen molar-refractivity contribution in [3.63, 3.8) is 0 Å². The number of carboxylic acid groups (broad SMARTS) is 1. The van der Waals surface area contributed by atoms with E-state index in [1.165, 1.54) is 83.5 Å². The molecule has 0 saturated carbocycles. The molecule has 1 rings (SSSR count). The number of aromatic carboxylic acids is 1. The van der Waals surface area contributed by atoms with Crippen LogP contribution in [-0.2, 0) is 0 Å². The van der Waals surface area contributed by atoms with Crippen molar-refractivity contribution in [2.75, 3.05) is 13.2 Å². The minimum absolute atomic E-state index is 0.241. The largest absolute Gasteiger partial charge is 0.493 e. The summed E-state index contributed by atoms with van der Waals surface area (Å²) in [7, 11) is 0. The summed E-state index contributed by atoms with van der Waals surface area (Å²) in [5.41, 5.74) is 0.241. The van der Waals surface area contributed by atoms with E-state index in [0.717, 1.165) is 19.3 Å². The molecule has 2 N–H and O–H groups in total. The summed E-state index contributed by atoms with van der Waals surface area (Å²) in [6, 6.07) is 6.84. The molecular weight excluding hydrogens is 364 g/mol. The molecule has 0 fully saturated rings. The number of aliphatic hydroxyl groups is 1. The van der Waals surface area contributed by atoms with Crippen LogP contribution in [0.4, 0.5) is 0 Å². The summed E-state index contributed by atoms with van der Waals surface area (Å²) in [6.45, 7) is 0.934. The Labute approximate surface area is 177 Å². The van der Waals surface area contributed by atoms with Gasteiger partial charge in [-0.05, 0) is 25.0 Å². The topological polar surface area (TPSA) is 66.8 Å². The van der Waals surface area contributed by atoms with E-state index in [9.17, 15) is 4.79 Å². The van der Waals surface area contributed by atoms with Crippen molar-refractivity contribution in [3.8, 4) is 5.75 Å². The van der Waals surface area contributed by atoms with Gasteiger partial charge in [0, 0.05) is 6.61 Å². The maximum atomic E-state index is 11.1. The van der Waals surface area contributed by atoms with Crippen LogP contribution in [-0.4, -0.2) is 29.4 Å². The van der Waals surface area contributed by atoms with Crippen molar-refractivity contribution >= 4 is 5.97 Å². The number of carboxylic acids is 1. The van der Waals surface area contributed by atoms with Gasteiger partial charge < -0.3 is 14.9 Å². The molecule has 0 amide bonds. The Morgan fingerprint density at radius 2 is 1.07 bits per heavy atom. The van der Waals surface area contributed by atoms with Crippen LogP contribution < -0.4 is 4.74 Å². The molecule has 29 heavy (non-hydrogen) atoms. The number of hydrogen-bond acceptors (Lipinski definition) is 3. The summed E-state index contributed by atoms with van der Waals surface area (Å²) in [5.74, 6) is -0.462. The van der Waals surface area contributed by atoms with Crippen molar-refractivity contribution < 1.29 is 19.7 Å². The lowest BCUT2D eigenvalue weighted by Crippen LogP contribution is -2.04. The predicted molar refractivity (Wildman–Crippen MR) is 120 cm³/mol. The monoisotopic (exact) mass is 406 g/mol. The Kier molecular flexibility index (Phi) is 16.2. The fourth-order valence-corrected chi connectivity index (χ4v) is 3.64. The highest BCUT2D eigenvalue weighted by molar-refractivity contribution is 5.90. The number of rotatable bonds is 20. The Balaban J connectivity index is 1.81. The second-order valence-electron chi connectivity index (χ2n) is 8.03. The third-order valence-electron chi connectivity index (χ3n) is 5.43. The lowest BCUT2D eigenvalue weighted by atomic mass is 10.0. The van der Waals surface area contributed by atoms with Gasteiger partial charge in [-0.25, -0.2) is 4.79 Å². The van der Waals surface area contributed by atoms with E-state index in [-0.39, 0.29) is 5.56 Å². The van der Waals surface area contributed by atoms with E-state index in [1.807, 2.05) is 6.07 Å². The van der Waals surface area contributed by atoms with Crippen molar-refractivity contribution in [2.24, 2.45) is 0 Å². The highest BCUT2D eigenvalue weighted by Crippen LogP contribution is 2.18. The highest BCUT2D eigenvalue weighted by Gasteiger charge is 2.09. The highest BCUT2D eigenvalue weighted by atomic mass is 16.5. The molecule has 4 heteroatoms. The lowest BCUT2D eigenvalue weighted by Gasteiger charge is -2.08. The first-order valence-electron chi connectivity index (χ1n) is 11.8. The number of aliphatic hydroxyl groups excluding tert-OH is 1. The van der Waals surface area contributed by atoms with Gasteiger partial charge in [0.1, 0.15) is 11.3 Å². The van der Waals surface area contributed by atoms with Crippen molar-refractivity contribution in [3.05, 3.63) is 29.8 Å². The maximum Gasteiger partial charge on any atom is 0.339 e. The number of benzene rings is 1. The van der Waals surface area contributed by atoms with Gasteiger partial charge in [0.05, 0.1) is 6.61 Å². The van der Waals surface area contributed by atoms with E-state index < -0.39 is 5.97 Å². The van der Waals surface area contributed by atoms with Crippen LogP contribution in [0, 0.1) is 0 Å². The molecule has 0 bridgehead atoms. The van der Waals surface area contributed by atoms with Gasteiger partial charge in [-0.3, -0.25) is 0 Å². The first kappa shape index (κ1) is 25.5. The van der Waals surface area contributed by atoms with Gasteiger partial charge in [-0.15, -0.1) is 0 Å². The Morgan fingerprint density at radius 3 is 1.52 bits per heavy atom. The molecule has 0 aromatic heterocycles. The Bertz CT molecular complexity index is 515. The molecule has 166 valence electrons. The third-order valence-corrected chi connectivity index (χ3v) is 5.43. The van der Waals surface area contributed by atoms with Crippen LogP contribution in [0.25, 0.3) is 0 Å². The fraction of sp³-hybridized carbons (Fsp3) is 0.720. The Hall–Kier alpha value is -1.55. The molecule has 0 aliphatic heterocycles. The normalized spacial score (nSPS) is 10.9. The second kappa shape index (κ2) is 18.5. The van der Waals surface area contributed by atoms with Crippen molar-refractivity contribution in [2.45, 2.75) is 103 Å². The average molecular weight is 407 g/mol. The van der Waals surface area contributed by atoms with Gasteiger partial charge in [-0.2, -0.15) is 0 Å². The van der Waals surface area contributed by atoms with Gasteiger partial charge in [-0.1, -0.05) is 102 Å². The molecule has 4 nitrogen and oxygen atoms in total. The number of unbranched alkanes of at least 4 members (excludes halogenated alkanes) is 15. The molecule has 0 heterocycles. The number of hydrogen-bond donors (Lipinski definition) is 2. The molecule has 1 aromatic carbocycles. The number of carbonyl (C=O) groups is 1. The van der Waals surface area contributed by atoms with Crippen LogP contribution >= 0.6 is 0 Å². The number of para-hydroxylation sites is 1. The first-order valence-corrected chi connectivity index (χ1v) is 11.8. The minimum Gasteiger partial charge on any atom is -0.493 e. The lowest BCUT2D eigenvalue weighted by molar-refractivity contribution is 0.0692. The quantitative estimate of drug-likeness (QED) is 0.229. The molecular formula is C25H42O4. The summed E-state index contributed by atoms with van der Waals surface area (Å²) < 4.78 is 5.63. The number of ether oxygens (including phenoxy) is 1. The van der Waals surface area contributed by atoms with E-state index in [1.54, 1.807) is 18.2 Å². The Morgan fingerprint density at radius 1 is 0.655 bits per heavy atom. The molecule has 0 atom stereocenters. The van der Waals surface area contributed by atoms with Crippen molar-refractivity contribution in [1.29, 1.82) is 0 Å². The molecule has 0 unspecified atom stereocenters. The van der Waals surface area contributed by atoms with Crippen LogP contribution in [0.3, 0.4) is 0 Å². The van der Waals surface area contributed by atoms with Gasteiger partial charge in [0.2, 0.25) is 0 Å². The van der Waals surface area contributed by atoms with Crippen molar-refractivity contribution in [1.82, 2.24) is 0 Å². The van der Waals surface area contributed by atoms with Crippen LogP contribution in [0.1, 0.15) is 113 Å². The first-order chi connectivity index (χ1) is 14.3. The standard InChI is InChI=1S/C25H42O4/c26-21-17-13-11-9-7-5-3-1-2-4-6-8-10-12-14-18-22-29-24-20-16-15-19-23(24)25(27)28/h15-16,19-20,26H,1-14,17-18,21-22H2,(H,27,28). The fourth-order valence-electron chi connectivity index (χ4n) is 3.64. The van der Waals surface area contributed by atoms with E-state index in [2.05, 4.69) is 0 Å².